The number of halogens is 1. The van der Waals surface area contributed by atoms with Gasteiger partial charge in [-0.15, -0.1) is 0 Å². The van der Waals surface area contributed by atoms with Crippen molar-refractivity contribution in [1.82, 2.24) is 15.1 Å². The van der Waals surface area contributed by atoms with Gasteiger partial charge >= 0.3 is 0 Å². The van der Waals surface area contributed by atoms with Crippen LogP contribution in [-0.4, -0.2) is 60.4 Å². The Labute approximate surface area is 176 Å². The van der Waals surface area contributed by atoms with Crippen molar-refractivity contribution in [3.05, 3.63) is 34.3 Å². The summed E-state index contributed by atoms with van der Waals surface area (Å²) in [6, 6.07) is 8.10. The number of likely N-dealkylation sites (tertiary alicyclic amines) is 2. The molecular formula is C22H30BrN3O2. The average molecular weight is 448 g/mol. The Hall–Kier alpha value is -1.40. The third kappa shape index (κ3) is 4.43. The van der Waals surface area contributed by atoms with E-state index in [0.29, 0.717) is 30.2 Å². The maximum atomic E-state index is 13.0. The Bertz CT molecular complexity index is 719. The molecule has 2 bridgehead atoms. The van der Waals surface area contributed by atoms with Gasteiger partial charge in [0.1, 0.15) is 0 Å². The Morgan fingerprint density at radius 2 is 1.89 bits per heavy atom. The van der Waals surface area contributed by atoms with Crippen LogP contribution in [0.25, 0.3) is 0 Å². The van der Waals surface area contributed by atoms with E-state index in [-0.39, 0.29) is 5.91 Å². The Morgan fingerprint density at radius 3 is 2.68 bits per heavy atom. The van der Waals surface area contributed by atoms with Crippen molar-refractivity contribution in [2.75, 3.05) is 32.7 Å². The number of benzene rings is 1. The Kier molecular flexibility index (Phi) is 6.36. The summed E-state index contributed by atoms with van der Waals surface area (Å²) in [5.41, 5.74) is 0.753. The summed E-state index contributed by atoms with van der Waals surface area (Å²) < 4.78 is 0.867. The van der Waals surface area contributed by atoms with E-state index in [0.717, 1.165) is 68.4 Å². The first-order valence-corrected chi connectivity index (χ1v) is 11.5. The quantitative estimate of drug-likeness (QED) is 0.752. The van der Waals surface area contributed by atoms with E-state index in [1.165, 1.54) is 6.42 Å². The molecule has 28 heavy (non-hydrogen) atoms. The summed E-state index contributed by atoms with van der Waals surface area (Å²) >= 11 is 3.52. The van der Waals surface area contributed by atoms with E-state index < -0.39 is 0 Å². The zero-order valence-corrected chi connectivity index (χ0v) is 18.0. The highest BCUT2D eigenvalue weighted by atomic mass is 79.9. The molecule has 3 atom stereocenters. The number of nitrogens with zero attached hydrogens (tertiary/aromatic N) is 2. The molecule has 0 aliphatic carbocycles. The zero-order valence-electron chi connectivity index (χ0n) is 16.4. The first kappa shape index (κ1) is 19.9. The molecule has 1 aromatic rings. The summed E-state index contributed by atoms with van der Waals surface area (Å²) in [7, 11) is 0. The van der Waals surface area contributed by atoms with Gasteiger partial charge in [0.05, 0.1) is 5.56 Å². The number of fused-ring (bicyclic) bond motifs is 2. The molecule has 5 nitrogen and oxygen atoms in total. The van der Waals surface area contributed by atoms with Crippen molar-refractivity contribution in [2.45, 2.75) is 44.6 Å². The lowest BCUT2D eigenvalue weighted by molar-refractivity contribution is -0.130. The van der Waals surface area contributed by atoms with Crippen LogP contribution in [0.1, 0.15) is 48.9 Å². The van der Waals surface area contributed by atoms with E-state index in [1.54, 1.807) is 0 Å². The second kappa shape index (κ2) is 8.95. The average Bonchev–Trinajstić information content (AvgIpc) is 3.24. The molecule has 3 aliphatic rings. The van der Waals surface area contributed by atoms with E-state index in [9.17, 15) is 9.59 Å². The highest BCUT2D eigenvalue weighted by molar-refractivity contribution is 9.10. The number of carbonyl (C=O) groups excluding carboxylic acids is 2. The number of nitrogens with one attached hydrogen (secondary N) is 1. The molecule has 1 N–H and O–H groups in total. The maximum Gasteiger partial charge on any atom is 0.255 e. The van der Waals surface area contributed by atoms with Crippen LogP contribution < -0.4 is 5.32 Å². The minimum atomic E-state index is 0.132. The van der Waals surface area contributed by atoms with Crippen LogP contribution in [0, 0.1) is 11.8 Å². The van der Waals surface area contributed by atoms with Gasteiger partial charge in [-0.1, -0.05) is 12.1 Å². The molecule has 3 saturated heterocycles. The SMILES string of the molecule is O=C(CCC[C@H]1NCC2CC1CN(C(=O)c1ccccc1Br)C2)N1CCCC1. The number of piperidine rings is 2. The maximum absolute atomic E-state index is 13.0. The van der Waals surface area contributed by atoms with E-state index in [4.69, 9.17) is 0 Å². The molecule has 152 valence electrons. The Balaban J connectivity index is 1.32. The zero-order chi connectivity index (χ0) is 19.5. The predicted molar refractivity (Wildman–Crippen MR) is 113 cm³/mol. The van der Waals surface area contributed by atoms with Gasteiger partial charge < -0.3 is 15.1 Å². The molecule has 0 saturated carbocycles. The highest BCUT2D eigenvalue weighted by Crippen LogP contribution is 2.32. The molecule has 0 radical (unpaired) electrons. The van der Waals surface area contributed by atoms with E-state index in [1.807, 2.05) is 34.1 Å². The predicted octanol–water partition coefficient (Wildman–Crippen LogP) is 3.29. The lowest BCUT2D eigenvalue weighted by Crippen LogP contribution is -2.57. The van der Waals surface area contributed by atoms with Crippen LogP contribution in [0.2, 0.25) is 0 Å². The molecule has 0 spiro atoms. The number of hydrogen-bond donors (Lipinski definition) is 1. The first-order valence-electron chi connectivity index (χ1n) is 10.7. The topological polar surface area (TPSA) is 52.7 Å². The molecule has 3 aliphatic heterocycles. The van der Waals surface area contributed by atoms with Crippen LogP contribution in [-0.2, 0) is 4.79 Å². The van der Waals surface area contributed by atoms with Gasteiger partial charge in [-0.3, -0.25) is 9.59 Å². The van der Waals surface area contributed by atoms with Crippen LogP contribution in [0.5, 0.6) is 0 Å². The highest BCUT2D eigenvalue weighted by Gasteiger charge is 2.38. The molecule has 3 heterocycles. The van der Waals surface area contributed by atoms with Crippen LogP contribution in [0.15, 0.2) is 28.7 Å². The van der Waals surface area contributed by atoms with Gasteiger partial charge in [0.15, 0.2) is 0 Å². The van der Waals surface area contributed by atoms with E-state index in [2.05, 4.69) is 21.2 Å². The number of hydrogen-bond acceptors (Lipinski definition) is 3. The van der Waals surface area contributed by atoms with Crippen LogP contribution in [0.3, 0.4) is 0 Å². The third-order valence-electron chi connectivity index (χ3n) is 6.56. The van der Waals surface area contributed by atoms with Gasteiger partial charge in [-0.05, 0) is 78.5 Å². The minimum Gasteiger partial charge on any atom is -0.343 e. The van der Waals surface area contributed by atoms with Crippen molar-refractivity contribution in [1.29, 1.82) is 0 Å². The second-order valence-electron chi connectivity index (χ2n) is 8.55. The fourth-order valence-electron chi connectivity index (χ4n) is 5.08. The fourth-order valence-corrected chi connectivity index (χ4v) is 5.53. The van der Waals surface area contributed by atoms with Gasteiger partial charge in [0, 0.05) is 43.1 Å². The smallest absolute Gasteiger partial charge is 0.255 e. The van der Waals surface area contributed by atoms with Crippen molar-refractivity contribution in [3.63, 3.8) is 0 Å². The molecule has 0 aromatic heterocycles. The third-order valence-corrected chi connectivity index (χ3v) is 7.25. The molecule has 4 rings (SSSR count). The summed E-state index contributed by atoms with van der Waals surface area (Å²) in [5, 5.41) is 3.70. The fraction of sp³-hybridized carbons (Fsp3) is 0.636. The lowest BCUT2D eigenvalue weighted by Gasteiger charge is -2.46. The van der Waals surface area contributed by atoms with Crippen molar-refractivity contribution in [3.8, 4) is 0 Å². The summed E-state index contributed by atoms with van der Waals surface area (Å²) in [4.78, 5) is 29.4. The van der Waals surface area contributed by atoms with Crippen LogP contribution in [0.4, 0.5) is 0 Å². The molecular weight excluding hydrogens is 418 g/mol. The molecule has 2 amide bonds. The largest absolute Gasteiger partial charge is 0.343 e. The molecule has 1 aromatic carbocycles. The van der Waals surface area contributed by atoms with Crippen LogP contribution >= 0.6 is 15.9 Å². The lowest BCUT2D eigenvalue weighted by atomic mass is 9.79. The van der Waals surface area contributed by atoms with Crippen molar-refractivity contribution >= 4 is 27.7 Å². The Morgan fingerprint density at radius 1 is 1.11 bits per heavy atom. The molecule has 3 fully saturated rings. The summed E-state index contributed by atoms with van der Waals surface area (Å²) in [6.45, 7) is 4.51. The van der Waals surface area contributed by atoms with Gasteiger partial charge in [-0.2, -0.15) is 0 Å². The molecule has 6 heteroatoms. The van der Waals surface area contributed by atoms with E-state index >= 15 is 0 Å². The second-order valence-corrected chi connectivity index (χ2v) is 9.40. The van der Waals surface area contributed by atoms with Gasteiger partial charge in [0.2, 0.25) is 5.91 Å². The standard InChI is InChI=1S/C22H30BrN3O2/c23-19-7-2-1-6-18(19)22(28)26-14-16-12-17(15-26)20(24-13-16)8-5-9-21(27)25-10-3-4-11-25/h1-2,6-7,16-17,20,24H,3-5,8-15H2/t16?,17?,20-/m1/s1. The first-order chi connectivity index (χ1) is 13.6. The summed E-state index contributed by atoms with van der Waals surface area (Å²) in [5.74, 6) is 1.47. The number of carbonyl (C=O) groups is 2. The normalized spacial score (nSPS) is 27.1. The van der Waals surface area contributed by atoms with Gasteiger partial charge in [0.25, 0.3) is 5.91 Å². The molecule has 2 unspecified atom stereocenters. The van der Waals surface area contributed by atoms with Gasteiger partial charge in [-0.25, -0.2) is 0 Å². The monoisotopic (exact) mass is 447 g/mol. The van der Waals surface area contributed by atoms with Crippen molar-refractivity contribution in [2.24, 2.45) is 11.8 Å². The number of rotatable bonds is 5. The summed E-state index contributed by atoms with van der Waals surface area (Å²) in [6.07, 6.45) is 6.12. The minimum absolute atomic E-state index is 0.132. The number of amides is 2. The van der Waals surface area contributed by atoms with Crippen molar-refractivity contribution < 1.29 is 9.59 Å².